The average molecular weight is 285 g/mol. The molecule has 1 heterocycles. The number of alkyl halides is 2. The topological polar surface area (TPSA) is 47.6 Å². The predicted octanol–water partition coefficient (Wildman–Crippen LogP) is 2.84. The van der Waals surface area contributed by atoms with Gasteiger partial charge in [0.2, 0.25) is 0 Å². The van der Waals surface area contributed by atoms with Crippen LogP contribution in [0.15, 0.2) is 24.3 Å². The van der Waals surface area contributed by atoms with Crippen LogP contribution in [0.4, 0.5) is 14.5 Å². The van der Waals surface area contributed by atoms with Crippen LogP contribution >= 0.6 is 0 Å². The molecule has 110 valence electrons. The Kier molecular flexibility index (Phi) is 4.42. The summed E-state index contributed by atoms with van der Waals surface area (Å²) < 4.78 is 36.0. The van der Waals surface area contributed by atoms with Crippen molar-refractivity contribution in [1.29, 1.82) is 0 Å². The van der Waals surface area contributed by atoms with Crippen molar-refractivity contribution in [2.24, 2.45) is 0 Å². The molecule has 0 bridgehead atoms. The van der Waals surface area contributed by atoms with Crippen molar-refractivity contribution < 1.29 is 23.0 Å². The van der Waals surface area contributed by atoms with Crippen LogP contribution in [0.25, 0.3) is 0 Å². The third-order valence-electron chi connectivity index (χ3n) is 2.92. The first-order valence-electron chi connectivity index (χ1n) is 6.57. The second-order valence-corrected chi connectivity index (χ2v) is 4.69. The number of benzene rings is 1. The van der Waals surface area contributed by atoms with E-state index in [0.29, 0.717) is 6.61 Å². The molecule has 1 fully saturated rings. The molecule has 2 rings (SSSR count). The number of rotatable bonds is 6. The summed E-state index contributed by atoms with van der Waals surface area (Å²) in [5, 5.41) is 2.96. The van der Waals surface area contributed by atoms with Gasteiger partial charge in [0.1, 0.15) is 11.9 Å². The maximum absolute atomic E-state index is 13.0. The minimum atomic E-state index is -3.36. The molecule has 1 aromatic rings. The largest absolute Gasteiger partial charge is 0.494 e. The molecular weight excluding hydrogens is 268 g/mol. The van der Waals surface area contributed by atoms with Crippen molar-refractivity contribution >= 4 is 11.7 Å². The van der Waals surface area contributed by atoms with Crippen LogP contribution < -0.4 is 10.1 Å². The lowest BCUT2D eigenvalue weighted by molar-refractivity contribution is -0.158. The molecule has 0 amide bonds. The fourth-order valence-corrected chi connectivity index (χ4v) is 1.88. The molecule has 0 spiro atoms. The van der Waals surface area contributed by atoms with E-state index in [0.717, 1.165) is 17.9 Å². The van der Waals surface area contributed by atoms with E-state index in [1.807, 2.05) is 6.92 Å². The Morgan fingerprint density at radius 1 is 1.40 bits per heavy atom. The lowest BCUT2D eigenvalue weighted by atomic mass is 10.2. The van der Waals surface area contributed by atoms with E-state index < -0.39 is 24.4 Å². The van der Waals surface area contributed by atoms with Gasteiger partial charge in [-0.25, -0.2) is 4.79 Å². The van der Waals surface area contributed by atoms with Gasteiger partial charge in [-0.3, -0.25) is 0 Å². The molecule has 20 heavy (non-hydrogen) atoms. The molecule has 4 nitrogen and oxygen atoms in total. The van der Waals surface area contributed by atoms with Crippen molar-refractivity contribution in [3.63, 3.8) is 0 Å². The molecule has 1 atom stereocenters. The number of nitrogens with one attached hydrogen (secondary N) is 1. The monoisotopic (exact) mass is 285 g/mol. The van der Waals surface area contributed by atoms with Crippen molar-refractivity contribution in [2.75, 3.05) is 18.5 Å². The quantitative estimate of drug-likeness (QED) is 0.816. The molecule has 1 aliphatic heterocycles. The summed E-state index contributed by atoms with van der Waals surface area (Å²) in [6.45, 7) is 2.84. The average Bonchev–Trinajstić information content (AvgIpc) is 2.69. The zero-order chi connectivity index (χ0) is 14.6. The van der Waals surface area contributed by atoms with Gasteiger partial charge in [-0.2, -0.15) is 8.78 Å². The SMILES string of the molecule is CCCOc1ccc(NCC2CC(F)(F)C(=O)O2)cc1. The van der Waals surface area contributed by atoms with E-state index in [4.69, 9.17) is 4.74 Å². The van der Waals surface area contributed by atoms with E-state index in [2.05, 4.69) is 10.1 Å². The van der Waals surface area contributed by atoms with Crippen LogP contribution in [0.3, 0.4) is 0 Å². The van der Waals surface area contributed by atoms with E-state index in [-0.39, 0.29) is 6.54 Å². The van der Waals surface area contributed by atoms with Crippen molar-refractivity contribution in [3.05, 3.63) is 24.3 Å². The van der Waals surface area contributed by atoms with Crippen LogP contribution in [-0.4, -0.2) is 31.1 Å². The molecule has 0 radical (unpaired) electrons. The number of cyclic esters (lactones) is 1. The summed E-state index contributed by atoms with van der Waals surface area (Å²) in [6.07, 6.45) is -0.439. The lowest BCUT2D eigenvalue weighted by Crippen LogP contribution is -2.22. The molecular formula is C14H17F2NO3. The summed E-state index contributed by atoms with van der Waals surface area (Å²) in [5.41, 5.74) is 0.764. The second-order valence-electron chi connectivity index (χ2n) is 4.69. The van der Waals surface area contributed by atoms with E-state index in [1.165, 1.54) is 0 Å². The van der Waals surface area contributed by atoms with Gasteiger partial charge in [0, 0.05) is 5.69 Å². The first kappa shape index (κ1) is 14.6. The van der Waals surface area contributed by atoms with Gasteiger partial charge in [0.25, 0.3) is 0 Å². The number of esters is 1. The fraction of sp³-hybridized carbons (Fsp3) is 0.500. The van der Waals surface area contributed by atoms with Crippen molar-refractivity contribution in [2.45, 2.75) is 31.8 Å². The van der Waals surface area contributed by atoms with Crippen LogP contribution in [0.1, 0.15) is 19.8 Å². The highest BCUT2D eigenvalue weighted by Crippen LogP contribution is 2.31. The van der Waals surface area contributed by atoms with Gasteiger partial charge >= 0.3 is 11.9 Å². The predicted molar refractivity (Wildman–Crippen MR) is 70.2 cm³/mol. The summed E-state index contributed by atoms with van der Waals surface area (Å²) in [4.78, 5) is 10.8. The smallest absolute Gasteiger partial charge is 0.377 e. The molecule has 1 aromatic carbocycles. The molecule has 0 aromatic heterocycles. The highest BCUT2D eigenvalue weighted by molar-refractivity contribution is 5.79. The number of ether oxygens (including phenoxy) is 2. The Bertz CT molecular complexity index is 462. The van der Waals surface area contributed by atoms with Gasteiger partial charge in [0.15, 0.2) is 0 Å². The van der Waals surface area contributed by atoms with Crippen LogP contribution in [0.5, 0.6) is 5.75 Å². The summed E-state index contributed by atoms with van der Waals surface area (Å²) in [5.74, 6) is -4.03. The molecule has 1 saturated heterocycles. The normalized spacial score (nSPS) is 20.6. The number of carbonyl (C=O) groups is 1. The minimum Gasteiger partial charge on any atom is -0.494 e. The highest BCUT2D eigenvalue weighted by Gasteiger charge is 2.50. The number of hydrogen-bond donors (Lipinski definition) is 1. The Morgan fingerprint density at radius 2 is 2.10 bits per heavy atom. The van der Waals surface area contributed by atoms with Gasteiger partial charge in [-0.15, -0.1) is 0 Å². The van der Waals surface area contributed by atoms with Crippen LogP contribution in [-0.2, 0) is 9.53 Å². The molecule has 0 aliphatic carbocycles. The van der Waals surface area contributed by atoms with Crippen molar-refractivity contribution in [1.82, 2.24) is 0 Å². The Balaban J connectivity index is 1.81. The highest BCUT2D eigenvalue weighted by atomic mass is 19.3. The van der Waals surface area contributed by atoms with E-state index in [1.54, 1.807) is 24.3 Å². The van der Waals surface area contributed by atoms with Crippen LogP contribution in [0.2, 0.25) is 0 Å². The zero-order valence-corrected chi connectivity index (χ0v) is 11.2. The molecule has 1 unspecified atom stereocenters. The standard InChI is InChI=1S/C14H17F2NO3/c1-2-7-19-11-5-3-10(4-6-11)17-9-12-8-14(15,16)13(18)20-12/h3-6,12,17H,2,7-9H2,1H3. The molecule has 0 saturated carbocycles. The van der Waals surface area contributed by atoms with E-state index in [9.17, 15) is 13.6 Å². The first-order valence-corrected chi connectivity index (χ1v) is 6.57. The zero-order valence-electron chi connectivity index (χ0n) is 11.2. The maximum Gasteiger partial charge on any atom is 0.377 e. The van der Waals surface area contributed by atoms with Gasteiger partial charge in [-0.1, -0.05) is 6.92 Å². The lowest BCUT2D eigenvalue weighted by Gasteiger charge is -2.12. The molecule has 6 heteroatoms. The minimum absolute atomic E-state index is 0.163. The van der Waals surface area contributed by atoms with E-state index >= 15 is 0 Å². The summed E-state index contributed by atoms with van der Waals surface area (Å²) in [7, 11) is 0. The molecule has 1 N–H and O–H groups in total. The summed E-state index contributed by atoms with van der Waals surface area (Å²) >= 11 is 0. The number of carbonyl (C=O) groups excluding carboxylic acids is 1. The Hall–Kier alpha value is -1.85. The second kappa shape index (κ2) is 6.07. The van der Waals surface area contributed by atoms with Crippen LogP contribution in [0, 0.1) is 0 Å². The first-order chi connectivity index (χ1) is 9.51. The van der Waals surface area contributed by atoms with Gasteiger partial charge < -0.3 is 14.8 Å². The summed E-state index contributed by atoms with van der Waals surface area (Å²) in [6, 6.07) is 7.18. The third-order valence-corrected chi connectivity index (χ3v) is 2.92. The van der Waals surface area contributed by atoms with Gasteiger partial charge in [0.05, 0.1) is 19.6 Å². The van der Waals surface area contributed by atoms with Gasteiger partial charge in [-0.05, 0) is 30.7 Å². The Morgan fingerprint density at radius 3 is 2.65 bits per heavy atom. The third kappa shape index (κ3) is 3.59. The fourth-order valence-electron chi connectivity index (χ4n) is 1.88. The van der Waals surface area contributed by atoms with Crippen molar-refractivity contribution in [3.8, 4) is 5.75 Å². The number of anilines is 1. The number of hydrogen-bond acceptors (Lipinski definition) is 4. The Labute approximate surface area is 116 Å². The maximum atomic E-state index is 13.0. The molecule has 1 aliphatic rings. The number of halogens is 2.